The fourth-order valence-electron chi connectivity index (χ4n) is 1.44. The van der Waals surface area contributed by atoms with Crippen molar-refractivity contribution in [1.29, 1.82) is 0 Å². The van der Waals surface area contributed by atoms with Gasteiger partial charge in [0, 0.05) is 13.2 Å². The Bertz CT molecular complexity index is 492. The number of nitrogens with zero attached hydrogens (tertiary/aromatic N) is 3. The van der Waals surface area contributed by atoms with E-state index >= 15 is 0 Å². The molecule has 0 spiro atoms. The first kappa shape index (κ1) is 11.0. The lowest BCUT2D eigenvalue weighted by Crippen LogP contribution is -2.00. The highest BCUT2D eigenvalue weighted by molar-refractivity contribution is 6.33. The Balaban J connectivity index is 2.07. The normalized spacial score (nSPS) is 10.4. The lowest BCUT2D eigenvalue weighted by molar-refractivity contribution is 0.713. The van der Waals surface area contributed by atoms with E-state index in [1.165, 1.54) is 5.56 Å². The van der Waals surface area contributed by atoms with Crippen molar-refractivity contribution < 1.29 is 0 Å². The molecule has 1 heterocycles. The molecule has 0 saturated carbocycles. The number of aromatic nitrogens is 3. The summed E-state index contributed by atoms with van der Waals surface area (Å²) in [6.07, 6.45) is 1.87. The molecule has 0 aliphatic heterocycles. The Morgan fingerprint density at radius 2 is 2.25 bits per heavy atom. The van der Waals surface area contributed by atoms with Crippen LogP contribution >= 0.6 is 11.6 Å². The van der Waals surface area contributed by atoms with E-state index in [-0.39, 0.29) is 0 Å². The molecule has 0 bridgehead atoms. The van der Waals surface area contributed by atoms with Crippen LogP contribution in [0.1, 0.15) is 11.3 Å². The van der Waals surface area contributed by atoms with Crippen molar-refractivity contribution in [3.8, 4) is 0 Å². The van der Waals surface area contributed by atoms with Gasteiger partial charge in [0.2, 0.25) is 0 Å². The van der Waals surface area contributed by atoms with Crippen molar-refractivity contribution in [2.24, 2.45) is 7.05 Å². The largest absolute Gasteiger partial charge is 0.378 e. The van der Waals surface area contributed by atoms with Crippen LogP contribution in [-0.2, 0) is 13.6 Å². The van der Waals surface area contributed by atoms with E-state index in [1.54, 1.807) is 4.68 Å². The first-order chi connectivity index (χ1) is 7.65. The first-order valence-electron chi connectivity index (χ1n) is 5.00. The molecule has 4 nitrogen and oxygen atoms in total. The Labute approximate surface area is 99.2 Å². The van der Waals surface area contributed by atoms with Crippen LogP contribution in [0.25, 0.3) is 0 Å². The number of aryl methyl sites for hydroxylation is 2. The highest BCUT2D eigenvalue weighted by Crippen LogP contribution is 2.22. The van der Waals surface area contributed by atoms with Gasteiger partial charge in [-0.05, 0) is 24.6 Å². The number of nitrogens with one attached hydrogen (secondary N) is 1. The highest BCUT2D eigenvalue weighted by atomic mass is 35.5. The maximum Gasteiger partial charge on any atom is 0.102 e. The van der Waals surface area contributed by atoms with Crippen LogP contribution in [0.2, 0.25) is 5.02 Å². The van der Waals surface area contributed by atoms with Crippen LogP contribution in [0.5, 0.6) is 0 Å². The maximum atomic E-state index is 6.06. The van der Waals surface area contributed by atoms with E-state index in [1.807, 2.05) is 38.4 Å². The number of hydrogen-bond acceptors (Lipinski definition) is 3. The maximum absolute atomic E-state index is 6.06. The summed E-state index contributed by atoms with van der Waals surface area (Å²) in [4.78, 5) is 0. The predicted molar refractivity (Wildman–Crippen MR) is 64.5 cm³/mol. The van der Waals surface area contributed by atoms with Crippen LogP contribution in [-0.4, -0.2) is 15.0 Å². The number of benzene rings is 1. The Hall–Kier alpha value is -1.55. The minimum atomic E-state index is 0.622. The van der Waals surface area contributed by atoms with Gasteiger partial charge in [-0.15, -0.1) is 5.10 Å². The SMILES string of the molecule is Cc1ccc(Cl)c(NCc2cn(C)nn2)c1. The third kappa shape index (κ3) is 2.52. The molecule has 2 rings (SSSR count). The molecule has 0 aliphatic rings. The zero-order valence-corrected chi connectivity index (χ0v) is 9.99. The van der Waals surface area contributed by atoms with Gasteiger partial charge in [-0.25, -0.2) is 0 Å². The minimum Gasteiger partial charge on any atom is -0.378 e. The van der Waals surface area contributed by atoms with Gasteiger partial charge in [-0.3, -0.25) is 4.68 Å². The van der Waals surface area contributed by atoms with Gasteiger partial charge in [0.25, 0.3) is 0 Å². The lowest BCUT2D eigenvalue weighted by atomic mass is 10.2. The van der Waals surface area contributed by atoms with Crippen LogP contribution in [0.4, 0.5) is 5.69 Å². The molecule has 0 saturated heterocycles. The lowest BCUT2D eigenvalue weighted by Gasteiger charge is -2.07. The molecule has 5 heteroatoms. The summed E-state index contributed by atoms with van der Waals surface area (Å²) >= 11 is 6.06. The van der Waals surface area contributed by atoms with Crippen molar-refractivity contribution in [2.75, 3.05) is 5.32 Å². The van der Waals surface area contributed by atoms with Crippen LogP contribution in [0, 0.1) is 6.92 Å². The van der Waals surface area contributed by atoms with Crippen LogP contribution in [0.3, 0.4) is 0 Å². The summed E-state index contributed by atoms with van der Waals surface area (Å²) in [5, 5.41) is 11.8. The second-order valence-corrected chi connectivity index (χ2v) is 4.13. The molecule has 0 radical (unpaired) electrons. The van der Waals surface area contributed by atoms with E-state index in [2.05, 4.69) is 15.6 Å². The summed E-state index contributed by atoms with van der Waals surface area (Å²) in [7, 11) is 1.84. The predicted octanol–water partition coefficient (Wildman–Crippen LogP) is 2.39. The van der Waals surface area contributed by atoms with Gasteiger partial charge in [-0.2, -0.15) is 0 Å². The molecule has 0 amide bonds. The van der Waals surface area contributed by atoms with Gasteiger partial charge in [0.05, 0.1) is 17.3 Å². The number of rotatable bonds is 3. The standard InChI is InChI=1S/C11H13ClN4/c1-8-3-4-10(12)11(5-8)13-6-9-7-16(2)15-14-9/h3-5,7,13H,6H2,1-2H3. The second kappa shape index (κ2) is 4.53. The third-order valence-corrected chi connectivity index (χ3v) is 2.56. The second-order valence-electron chi connectivity index (χ2n) is 3.72. The summed E-state index contributed by atoms with van der Waals surface area (Å²) in [5.74, 6) is 0. The van der Waals surface area contributed by atoms with Crippen molar-refractivity contribution in [3.63, 3.8) is 0 Å². The molecule has 0 fully saturated rings. The van der Waals surface area contributed by atoms with E-state index in [9.17, 15) is 0 Å². The molecular weight excluding hydrogens is 224 g/mol. The fraction of sp³-hybridized carbons (Fsp3) is 0.273. The van der Waals surface area contributed by atoms with Gasteiger partial charge in [0.15, 0.2) is 0 Å². The molecule has 1 N–H and O–H groups in total. The first-order valence-corrected chi connectivity index (χ1v) is 5.38. The molecule has 1 aromatic carbocycles. The summed E-state index contributed by atoms with van der Waals surface area (Å²) in [6.45, 7) is 2.65. The van der Waals surface area contributed by atoms with Crippen molar-refractivity contribution in [1.82, 2.24) is 15.0 Å². The van der Waals surface area contributed by atoms with E-state index in [0.717, 1.165) is 16.4 Å². The monoisotopic (exact) mass is 236 g/mol. The molecule has 84 valence electrons. The summed E-state index contributed by atoms with van der Waals surface area (Å²) < 4.78 is 1.68. The van der Waals surface area contributed by atoms with Gasteiger partial charge in [-0.1, -0.05) is 22.9 Å². The Morgan fingerprint density at radius 3 is 2.94 bits per heavy atom. The fourth-order valence-corrected chi connectivity index (χ4v) is 1.62. The molecule has 0 atom stereocenters. The molecule has 16 heavy (non-hydrogen) atoms. The molecular formula is C11H13ClN4. The summed E-state index contributed by atoms with van der Waals surface area (Å²) in [5.41, 5.74) is 2.98. The van der Waals surface area contributed by atoms with Crippen molar-refractivity contribution in [3.05, 3.63) is 40.7 Å². The number of anilines is 1. The average Bonchev–Trinajstić information content (AvgIpc) is 2.66. The third-order valence-electron chi connectivity index (χ3n) is 2.23. The smallest absolute Gasteiger partial charge is 0.102 e. The average molecular weight is 237 g/mol. The zero-order valence-electron chi connectivity index (χ0n) is 9.24. The number of hydrogen-bond donors (Lipinski definition) is 1. The van der Waals surface area contributed by atoms with E-state index in [4.69, 9.17) is 11.6 Å². The number of halogens is 1. The topological polar surface area (TPSA) is 42.7 Å². The Kier molecular flexibility index (Phi) is 3.10. The summed E-state index contributed by atoms with van der Waals surface area (Å²) in [6, 6.07) is 5.88. The Morgan fingerprint density at radius 1 is 1.44 bits per heavy atom. The zero-order chi connectivity index (χ0) is 11.5. The van der Waals surface area contributed by atoms with Gasteiger partial charge in [0.1, 0.15) is 5.69 Å². The van der Waals surface area contributed by atoms with Crippen molar-refractivity contribution >= 4 is 17.3 Å². The quantitative estimate of drug-likeness (QED) is 0.890. The molecule has 0 aliphatic carbocycles. The minimum absolute atomic E-state index is 0.622. The van der Waals surface area contributed by atoms with Gasteiger partial charge < -0.3 is 5.32 Å². The van der Waals surface area contributed by atoms with Crippen LogP contribution in [0.15, 0.2) is 24.4 Å². The van der Waals surface area contributed by atoms with E-state index in [0.29, 0.717) is 6.54 Å². The van der Waals surface area contributed by atoms with Gasteiger partial charge >= 0.3 is 0 Å². The molecule has 2 aromatic rings. The van der Waals surface area contributed by atoms with E-state index < -0.39 is 0 Å². The highest BCUT2D eigenvalue weighted by Gasteiger charge is 2.02. The molecule has 0 unspecified atom stereocenters. The van der Waals surface area contributed by atoms with Crippen LogP contribution < -0.4 is 5.32 Å². The van der Waals surface area contributed by atoms with Crippen molar-refractivity contribution in [2.45, 2.75) is 13.5 Å². The molecule has 1 aromatic heterocycles.